The van der Waals surface area contributed by atoms with Crippen LogP contribution in [-0.4, -0.2) is 43.8 Å². The summed E-state index contributed by atoms with van der Waals surface area (Å²) in [6.45, 7) is 1.64. The Kier molecular flexibility index (Phi) is 6.94. The number of carbonyl (C=O) groups is 2. The zero-order valence-corrected chi connectivity index (χ0v) is 19.3. The minimum atomic E-state index is -0.225. The molecular weight excluding hydrogens is 428 g/mol. The molecule has 4 N–H and O–H groups in total. The number of nitrogens with zero attached hydrogens (tertiary/aromatic N) is 1. The van der Waals surface area contributed by atoms with Gasteiger partial charge in [-0.3, -0.25) is 9.59 Å². The topological polar surface area (TPSA) is 96.7 Å². The van der Waals surface area contributed by atoms with E-state index in [1.54, 1.807) is 48.7 Å². The second kappa shape index (κ2) is 10.2. The van der Waals surface area contributed by atoms with Crippen LogP contribution in [0.1, 0.15) is 27.9 Å². The first kappa shape index (κ1) is 23.1. The highest BCUT2D eigenvalue weighted by atomic mass is 16.5. The smallest absolute Gasteiger partial charge is 0.257 e. The lowest BCUT2D eigenvalue weighted by atomic mass is 9.99. The third-order valence-corrected chi connectivity index (χ3v) is 5.47. The normalized spacial score (nSPS) is 13.6. The van der Waals surface area contributed by atoms with Crippen molar-refractivity contribution in [1.29, 1.82) is 0 Å². The molecule has 0 atom stereocenters. The van der Waals surface area contributed by atoms with Crippen molar-refractivity contribution in [1.82, 2.24) is 4.90 Å². The molecule has 0 spiro atoms. The zero-order valence-electron chi connectivity index (χ0n) is 19.3. The monoisotopic (exact) mass is 456 g/mol. The van der Waals surface area contributed by atoms with Crippen molar-refractivity contribution < 1.29 is 14.3 Å². The molecule has 0 aromatic heterocycles. The van der Waals surface area contributed by atoms with Crippen LogP contribution in [0.3, 0.4) is 0 Å². The molecule has 7 heteroatoms. The van der Waals surface area contributed by atoms with Crippen LogP contribution in [0, 0.1) is 0 Å². The average molecular weight is 457 g/mol. The number of nitrogen functional groups attached to an aromatic ring is 1. The first-order chi connectivity index (χ1) is 16.4. The molecule has 0 fully saturated rings. The van der Waals surface area contributed by atoms with Gasteiger partial charge in [-0.1, -0.05) is 24.3 Å². The highest BCUT2D eigenvalue weighted by molar-refractivity contribution is 6.32. The number of fused-ring (bicyclic) bond motifs is 1. The van der Waals surface area contributed by atoms with Crippen LogP contribution in [0.2, 0.25) is 0 Å². The van der Waals surface area contributed by atoms with E-state index in [1.165, 1.54) is 0 Å². The summed E-state index contributed by atoms with van der Waals surface area (Å²) in [5.74, 6) is 0.430. The van der Waals surface area contributed by atoms with Crippen LogP contribution in [0.25, 0.3) is 5.57 Å². The molecule has 3 aromatic carbocycles. The Morgan fingerprint density at radius 2 is 1.82 bits per heavy atom. The van der Waals surface area contributed by atoms with Gasteiger partial charge in [0.2, 0.25) is 0 Å². The average Bonchev–Trinajstić information content (AvgIpc) is 3.14. The van der Waals surface area contributed by atoms with Crippen molar-refractivity contribution in [3.8, 4) is 5.75 Å². The van der Waals surface area contributed by atoms with Gasteiger partial charge in [0.15, 0.2) is 5.78 Å². The van der Waals surface area contributed by atoms with E-state index in [0.29, 0.717) is 34.7 Å². The molecule has 0 bridgehead atoms. The number of ketones is 1. The first-order valence-corrected chi connectivity index (χ1v) is 11.1. The van der Waals surface area contributed by atoms with Crippen LogP contribution in [0.4, 0.5) is 17.1 Å². The Morgan fingerprint density at radius 1 is 1.06 bits per heavy atom. The van der Waals surface area contributed by atoms with Crippen molar-refractivity contribution in [2.75, 3.05) is 43.6 Å². The molecule has 1 amide bonds. The number of nitrogens with one attached hydrogen (secondary N) is 2. The van der Waals surface area contributed by atoms with Crippen LogP contribution in [0.5, 0.6) is 5.75 Å². The summed E-state index contributed by atoms with van der Waals surface area (Å²) in [5.41, 5.74) is 10.00. The Labute approximate surface area is 199 Å². The first-order valence-electron chi connectivity index (χ1n) is 11.1. The number of amides is 1. The van der Waals surface area contributed by atoms with Crippen LogP contribution in [-0.2, 0) is 4.79 Å². The molecule has 7 nitrogen and oxygen atoms in total. The molecule has 4 rings (SSSR count). The van der Waals surface area contributed by atoms with Gasteiger partial charge in [0.25, 0.3) is 5.91 Å². The van der Waals surface area contributed by atoms with Gasteiger partial charge in [-0.25, -0.2) is 0 Å². The standard InChI is InChI=1S/C27H28N4O3/c1-31(2)13-4-14-34-22-10-8-21(9-11-22)29-17-24-23-12-7-19(16-25(23)30-27(24)33)26(32)18-5-3-6-20(28)15-18/h3,5-12,15-17,29H,4,13-14,28H2,1-2H3,(H,30,33). The minimum Gasteiger partial charge on any atom is -0.494 e. The van der Waals surface area contributed by atoms with Crippen LogP contribution in [0.15, 0.2) is 72.9 Å². The quantitative estimate of drug-likeness (QED) is 0.193. The zero-order chi connectivity index (χ0) is 24.1. The summed E-state index contributed by atoms with van der Waals surface area (Å²) < 4.78 is 5.75. The third kappa shape index (κ3) is 5.44. The SMILES string of the molecule is CN(C)CCCOc1ccc(NC=C2C(=O)Nc3cc(C(=O)c4cccc(N)c4)ccc32)cc1. The maximum Gasteiger partial charge on any atom is 0.257 e. The van der Waals surface area contributed by atoms with E-state index in [2.05, 4.69) is 15.5 Å². The summed E-state index contributed by atoms with van der Waals surface area (Å²) in [6.07, 6.45) is 2.63. The third-order valence-electron chi connectivity index (χ3n) is 5.47. The van der Waals surface area contributed by atoms with Crippen LogP contribution < -0.4 is 21.1 Å². The number of anilines is 3. The number of hydrogen-bond donors (Lipinski definition) is 3. The van der Waals surface area contributed by atoms with E-state index in [1.807, 2.05) is 38.4 Å². The molecular formula is C27H28N4O3. The fourth-order valence-corrected chi connectivity index (χ4v) is 3.70. The second-order valence-electron chi connectivity index (χ2n) is 8.40. The van der Waals surface area contributed by atoms with Crippen molar-refractivity contribution in [3.63, 3.8) is 0 Å². The molecule has 0 radical (unpaired) electrons. The maximum atomic E-state index is 12.8. The van der Waals surface area contributed by atoms with Gasteiger partial charge in [0.1, 0.15) is 5.75 Å². The minimum absolute atomic E-state index is 0.149. The fourth-order valence-electron chi connectivity index (χ4n) is 3.70. The number of benzene rings is 3. The van der Waals surface area contributed by atoms with Crippen LogP contribution >= 0.6 is 0 Å². The van der Waals surface area contributed by atoms with E-state index < -0.39 is 0 Å². The summed E-state index contributed by atoms with van der Waals surface area (Å²) in [4.78, 5) is 27.5. The molecule has 1 heterocycles. The summed E-state index contributed by atoms with van der Waals surface area (Å²) in [5, 5.41) is 6.01. The summed E-state index contributed by atoms with van der Waals surface area (Å²) in [6, 6.07) is 19.6. The lowest BCUT2D eigenvalue weighted by molar-refractivity contribution is -0.110. The molecule has 0 saturated heterocycles. The van der Waals surface area contributed by atoms with Crippen molar-refractivity contribution in [3.05, 3.63) is 89.6 Å². The van der Waals surface area contributed by atoms with Gasteiger partial charge in [-0.2, -0.15) is 0 Å². The van der Waals surface area contributed by atoms with E-state index in [4.69, 9.17) is 10.5 Å². The molecule has 1 aliphatic heterocycles. The van der Waals surface area contributed by atoms with Crippen molar-refractivity contribution in [2.24, 2.45) is 0 Å². The van der Waals surface area contributed by atoms with E-state index in [-0.39, 0.29) is 11.7 Å². The maximum absolute atomic E-state index is 12.8. The van der Waals surface area contributed by atoms with Crippen molar-refractivity contribution in [2.45, 2.75) is 6.42 Å². The van der Waals surface area contributed by atoms with Gasteiger partial charge in [0, 0.05) is 46.5 Å². The predicted molar refractivity (Wildman–Crippen MR) is 136 cm³/mol. The fraction of sp³-hybridized carbons (Fsp3) is 0.185. The molecule has 1 aliphatic rings. The van der Waals surface area contributed by atoms with E-state index in [0.717, 1.165) is 30.0 Å². The van der Waals surface area contributed by atoms with Gasteiger partial charge >= 0.3 is 0 Å². The Bertz CT molecular complexity index is 1230. The van der Waals surface area contributed by atoms with E-state index >= 15 is 0 Å². The Morgan fingerprint density at radius 3 is 2.56 bits per heavy atom. The number of nitrogens with two attached hydrogens (primary N) is 1. The number of hydrogen-bond acceptors (Lipinski definition) is 6. The van der Waals surface area contributed by atoms with Crippen molar-refractivity contribution >= 4 is 34.3 Å². The molecule has 3 aromatic rings. The number of rotatable bonds is 9. The molecule has 34 heavy (non-hydrogen) atoms. The predicted octanol–water partition coefficient (Wildman–Crippen LogP) is 4.24. The van der Waals surface area contributed by atoms with Gasteiger partial charge in [-0.05, 0) is 63.0 Å². The highest BCUT2D eigenvalue weighted by Gasteiger charge is 2.25. The molecule has 174 valence electrons. The Hall–Kier alpha value is -4.10. The lowest BCUT2D eigenvalue weighted by Gasteiger charge is -2.10. The number of ether oxygens (including phenoxy) is 1. The molecule has 0 unspecified atom stereocenters. The summed E-state index contributed by atoms with van der Waals surface area (Å²) >= 11 is 0. The Balaban J connectivity index is 1.43. The second-order valence-corrected chi connectivity index (χ2v) is 8.40. The molecule has 0 saturated carbocycles. The summed E-state index contributed by atoms with van der Waals surface area (Å²) in [7, 11) is 4.08. The number of carbonyl (C=O) groups excluding carboxylic acids is 2. The largest absolute Gasteiger partial charge is 0.494 e. The van der Waals surface area contributed by atoms with Gasteiger partial charge in [-0.15, -0.1) is 0 Å². The van der Waals surface area contributed by atoms with Gasteiger partial charge < -0.3 is 26.0 Å². The van der Waals surface area contributed by atoms with Gasteiger partial charge in [0.05, 0.1) is 12.2 Å². The lowest BCUT2D eigenvalue weighted by Crippen LogP contribution is -2.15. The van der Waals surface area contributed by atoms with E-state index in [9.17, 15) is 9.59 Å². The highest BCUT2D eigenvalue weighted by Crippen LogP contribution is 2.33. The molecule has 0 aliphatic carbocycles.